The van der Waals surface area contributed by atoms with Crippen LogP contribution in [0.3, 0.4) is 0 Å². The molecule has 6 nitrogen and oxygen atoms in total. The van der Waals surface area contributed by atoms with Gasteiger partial charge in [0.25, 0.3) is 0 Å². The second-order valence-electron chi connectivity index (χ2n) is 4.16. The Balaban J connectivity index is 0.00000200. The third-order valence-electron chi connectivity index (χ3n) is 2.57. The zero-order chi connectivity index (χ0) is 14.2. The van der Waals surface area contributed by atoms with E-state index in [1.807, 2.05) is 0 Å². The molecule has 0 aromatic heterocycles. The van der Waals surface area contributed by atoms with E-state index in [1.165, 1.54) is 12.1 Å². The van der Waals surface area contributed by atoms with E-state index in [0.29, 0.717) is 6.42 Å². The molecule has 0 fully saturated rings. The van der Waals surface area contributed by atoms with Crippen molar-refractivity contribution in [2.45, 2.75) is 24.5 Å². The molecule has 0 aliphatic carbocycles. The molecule has 1 unspecified atom stereocenters. The van der Waals surface area contributed by atoms with Crippen molar-refractivity contribution in [3.05, 3.63) is 23.8 Å². The first-order chi connectivity index (χ1) is 8.85. The first kappa shape index (κ1) is 21.0. The van der Waals surface area contributed by atoms with Gasteiger partial charge in [-0.2, -0.15) is 0 Å². The molecular formula is C12H9ClNa2O6. The van der Waals surface area contributed by atoms with Crippen molar-refractivity contribution >= 4 is 23.5 Å². The van der Waals surface area contributed by atoms with Gasteiger partial charge in [0, 0.05) is 5.38 Å². The molecule has 0 amide bonds. The second-order valence-corrected chi connectivity index (χ2v) is 4.91. The maximum Gasteiger partial charge on any atom is 1.00 e. The Hall–Kier alpha value is 0.0500. The molecule has 1 atom stereocenters. The number of ether oxygens (including phenoxy) is 2. The Kier molecular flexibility index (Phi) is 8.08. The molecule has 102 valence electrons. The van der Waals surface area contributed by atoms with Gasteiger partial charge in [-0.05, 0) is 31.0 Å². The number of carbonyl (C=O) groups is 2. The van der Waals surface area contributed by atoms with Crippen LogP contribution in [-0.4, -0.2) is 23.1 Å². The Morgan fingerprint density at radius 2 is 1.71 bits per heavy atom. The van der Waals surface area contributed by atoms with Gasteiger partial charge < -0.3 is 29.3 Å². The zero-order valence-electron chi connectivity index (χ0n) is 11.8. The zero-order valence-corrected chi connectivity index (χ0v) is 16.6. The minimum absolute atomic E-state index is 0. The van der Waals surface area contributed by atoms with Gasteiger partial charge in [0.05, 0.1) is 0 Å². The van der Waals surface area contributed by atoms with Crippen LogP contribution < -0.4 is 78.8 Å². The predicted octanol–water partition coefficient (Wildman–Crippen LogP) is -7.17. The first-order valence-electron chi connectivity index (χ1n) is 5.43. The summed E-state index contributed by atoms with van der Waals surface area (Å²) in [4.78, 5) is 21.8. The Morgan fingerprint density at radius 1 is 1.19 bits per heavy atom. The summed E-state index contributed by atoms with van der Waals surface area (Å²) in [6.07, 6.45) is 0.516. The van der Waals surface area contributed by atoms with E-state index in [-0.39, 0.29) is 76.0 Å². The third-order valence-corrected chi connectivity index (χ3v) is 2.72. The molecule has 2 rings (SSSR count). The van der Waals surface area contributed by atoms with E-state index in [1.54, 1.807) is 13.0 Å². The molecule has 21 heavy (non-hydrogen) atoms. The van der Waals surface area contributed by atoms with Crippen LogP contribution in [0.25, 0.3) is 0 Å². The van der Waals surface area contributed by atoms with Crippen molar-refractivity contribution in [2.75, 3.05) is 0 Å². The van der Waals surface area contributed by atoms with E-state index in [9.17, 15) is 19.8 Å². The minimum atomic E-state index is -2.94. The number of fused-ring (bicyclic) bond motifs is 1. The summed E-state index contributed by atoms with van der Waals surface area (Å²) in [5, 5.41) is 21.7. The fraction of sp³-hybridized carbons (Fsp3) is 0.333. The van der Waals surface area contributed by atoms with Crippen LogP contribution in [0.15, 0.2) is 18.2 Å². The topological polar surface area (TPSA) is 98.7 Å². The van der Waals surface area contributed by atoms with Crippen LogP contribution in [0.4, 0.5) is 0 Å². The second kappa shape index (κ2) is 8.06. The standard InChI is InChI=1S/C12H11ClO6.2Na/c1-6(13)4-7-2-3-8-9(5-7)19-12(18-8,10(14)15)11(16)17;;/h2-3,5-6H,4H2,1H3,(H,14,15)(H,16,17);;/q;2*+1/p-2. The molecule has 0 N–H and O–H groups in total. The third kappa shape index (κ3) is 4.28. The number of benzene rings is 1. The fourth-order valence-corrected chi connectivity index (χ4v) is 1.93. The van der Waals surface area contributed by atoms with E-state index in [0.717, 1.165) is 5.56 Å². The van der Waals surface area contributed by atoms with Crippen LogP contribution in [0.2, 0.25) is 0 Å². The number of rotatable bonds is 4. The SMILES string of the molecule is CC(Cl)Cc1ccc2c(c1)OC(C(=O)[O-])(C(=O)[O-])O2.[Na+].[Na+]. The minimum Gasteiger partial charge on any atom is -0.542 e. The number of hydrogen-bond donors (Lipinski definition) is 0. The number of alkyl halides is 1. The van der Waals surface area contributed by atoms with Crippen molar-refractivity contribution in [3.63, 3.8) is 0 Å². The Labute approximate surface area is 170 Å². The number of carbonyl (C=O) groups excluding carboxylic acids is 2. The van der Waals surface area contributed by atoms with Gasteiger partial charge in [0.15, 0.2) is 11.5 Å². The summed E-state index contributed by atoms with van der Waals surface area (Å²) in [6, 6.07) is 4.53. The quantitative estimate of drug-likeness (QED) is 0.309. The average Bonchev–Trinajstić information content (AvgIpc) is 2.68. The molecule has 1 aliphatic heterocycles. The molecule has 1 aliphatic rings. The number of carboxylic acid groups (broad SMARTS) is 2. The van der Waals surface area contributed by atoms with Crippen molar-refractivity contribution in [3.8, 4) is 11.5 Å². The van der Waals surface area contributed by atoms with E-state index >= 15 is 0 Å². The van der Waals surface area contributed by atoms with Gasteiger partial charge >= 0.3 is 64.9 Å². The molecule has 1 aromatic carbocycles. The number of halogens is 1. The van der Waals surface area contributed by atoms with Crippen LogP contribution in [0.1, 0.15) is 12.5 Å². The summed E-state index contributed by atoms with van der Waals surface area (Å²) in [7, 11) is 0. The molecule has 0 bridgehead atoms. The number of hydrogen-bond acceptors (Lipinski definition) is 6. The van der Waals surface area contributed by atoms with Gasteiger partial charge in [-0.1, -0.05) is 6.07 Å². The Morgan fingerprint density at radius 3 is 2.19 bits per heavy atom. The van der Waals surface area contributed by atoms with Gasteiger partial charge in [-0.3, -0.25) is 0 Å². The first-order valence-corrected chi connectivity index (χ1v) is 5.86. The van der Waals surface area contributed by atoms with Crippen LogP contribution >= 0.6 is 11.6 Å². The molecule has 9 heteroatoms. The predicted molar refractivity (Wildman–Crippen MR) is 59.5 cm³/mol. The van der Waals surface area contributed by atoms with Gasteiger partial charge in [-0.25, -0.2) is 0 Å². The number of carboxylic acids is 2. The molecular weight excluding hydrogens is 322 g/mol. The fourth-order valence-electron chi connectivity index (χ4n) is 1.75. The van der Waals surface area contributed by atoms with Gasteiger partial charge in [0.2, 0.25) is 0 Å². The van der Waals surface area contributed by atoms with E-state index in [2.05, 4.69) is 0 Å². The van der Waals surface area contributed by atoms with Crippen LogP contribution in [0, 0.1) is 0 Å². The molecule has 0 saturated heterocycles. The maximum absolute atomic E-state index is 10.9. The molecule has 0 saturated carbocycles. The van der Waals surface area contributed by atoms with Gasteiger partial charge in [0.1, 0.15) is 11.9 Å². The largest absolute Gasteiger partial charge is 1.00 e. The monoisotopic (exact) mass is 330 g/mol. The smallest absolute Gasteiger partial charge is 0.542 e. The van der Waals surface area contributed by atoms with Crippen molar-refractivity contribution in [1.82, 2.24) is 0 Å². The summed E-state index contributed by atoms with van der Waals surface area (Å²) in [6.45, 7) is 1.79. The normalized spacial score (nSPS) is 15.3. The van der Waals surface area contributed by atoms with Gasteiger partial charge in [-0.15, -0.1) is 11.6 Å². The molecule has 1 heterocycles. The van der Waals surface area contributed by atoms with Crippen molar-refractivity contribution < 1.29 is 88.4 Å². The van der Waals surface area contributed by atoms with Crippen LogP contribution in [0.5, 0.6) is 11.5 Å². The van der Waals surface area contributed by atoms with Crippen molar-refractivity contribution in [2.24, 2.45) is 0 Å². The van der Waals surface area contributed by atoms with E-state index < -0.39 is 17.7 Å². The maximum atomic E-state index is 10.9. The summed E-state index contributed by atoms with van der Waals surface area (Å²) < 4.78 is 9.65. The van der Waals surface area contributed by atoms with E-state index in [4.69, 9.17) is 21.1 Å². The molecule has 1 aromatic rings. The molecule has 0 radical (unpaired) electrons. The Bertz CT molecular complexity index is 535. The van der Waals surface area contributed by atoms with Crippen LogP contribution in [-0.2, 0) is 16.0 Å². The molecule has 0 spiro atoms. The summed E-state index contributed by atoms with van der Waals surface area (Å²) in [5.74, 6) is -7.00. The number of aliphatic carboxylic acids is 2. The van der Waals surface area contributed by atoms with Crippen molar-refractivity contribution in [1.29, 1.82) is 0 Å². The summed E-state index contributed by atoms with van der Waals surface area (Å²) in [5.41, 5.74) is 0.761. The average molecular weight is 331 g/mol. The summed E-state index contributed by atoms with van der Waals surface area (Å²) >= 11 is 5.84.